The van der Waals surface area contributed by atoms with Crippen LogP contribution in [0, 0.1) is 17.2 Å². The van der Waals surface area contributed by atoms with E-state index in [0.29, 0.717) is 30.1 Å². The van der Waals surface area contributed by atoms with Crippen LogP contribution in [0.3, 0.4) is 0 Å². The van der Waals surface area contributed by atoms with Crippen LogP contribution >= 0.6 is 0 Å². The topological polar surface area (TPSA) is 112 Å². The average molecular weight is 484 g/mol. The highest BCUT2D eigenvalue weighted by Gasteiger charge is 2.34. The van der Waals surface area contributed by atoms with Crippen LogP contribution < -0.4 is 15.8 Å². The molecular weight excluding hydrogens is 454 g/mol. The van der Waals surface area contributed by atoms with E-state index in [-0.39, 0.29) is 23.7 Å². The van der Waals surface area contributed by atoms with Crippen molar-refractivity contribution in [2.75, 3.05) is 23.4 Å². The molecule has 6 rings (SSSR count). The van der Waals surface area contributed by atoms with Gasteiger partial charge in [0.25, 0.3) is 5.56 Å². The van der Waals surface area contributed by atoms with Crippen LogP contribution in [0.1, 0.15) is 39.2 Å². The van der Waals surface area contributed by atoms with E-state index in [1.807, 2.05) is 28.9 Å². The van der Waals surface area contributed by atoms with Gasteiger partial charge in [-0.1, -0.05) is 0 Å². The number of anilines is 3. The van der Waals surface area contributed by atoms with E-state index in [4.69, 9.17) is 14.8 Å². The summed E-state index contributed by atoms with van der Waals surface area (Å²) in [6.45, 7) is 5.75. The maximum absolute atomic E-state index is 12.8. The lowest BCUT2D eigenvalue weighted by atomic mass is 10.1. The summed E-state index contributed by atoms with van der Waals surface area (Å²) in [5.74, 6) is 1.87. The number of hydrogen-bond donors (Lipinski definition) is 2. The van der Waals surface area contributed by atoms with Crippen molar-refractivity contribution in [2.24, 2.45) is 5.92 Å². The Bertz CT molecular complexity index is 1530. The third-order valence-electron chi connectivity index (χ3n) is 7.25. The van der Waals surface area contributed by atoms with Gasteiger partial charge in [-0.2, -0.15) is 10.4 Å². The average Bonchev–Trinajstić information content (AvgIpc) is 3.66. The predicted molar refractivity (Wildman–Crippen MR) is 140 cm³/mol. The first-order valence-corrected chi connectivity index (χ1v) is 12.5. The molecule has 3 atom stereocenters. The number of ether oxygens (including phenoxy) is 1. The highest BCUT2D eigenvalue weighted by Crippen LogP contribution is 2.43. The Morgan fingerprint density at radius 2 is 2.11 bits per heavy atom. The van der Waals surface area contributed by atoms with Gasteiger partial charge in [0.15, 0.2) is 5.82 Å². The molecule has 2 N–H and O–H groups in total. The lowest BCUT2D eigenvalue weighted by molar-refractivity contribution is 0.0341. The Labute approximate surface area is 208 Å². The highest BCUT2D eigenvalue weighted by molar-refractivity contribution is 5.92. The number of rotatable bonds is 6. The summed E-state index contributed by atoms with van der Waals surface area (Å²) in [7, 11) is 0. The Morgan fingerprint density at radius 3 is 2.92 bits per heavy atom. The number of nitrogens with one attached hydrogen (secondary N) is 2. The van der Waals surface area contributed by atoms with Crippen LogP contribution in [0.5, 0.6) is 0 Å². The molecule has 4 heterocycles. The van der Waals surface area contributed by atoms with E-state index in [1.54, 1.807) is 6.20 Å². The number of aromatic nitrogens is 4. The summed E-state index contributed by atoms with van der Waals surface area (Å²) in [6.07, 6.45) is 4.36. The van der Waals surface area contributed by atoms with Crippen LogP contribution in [-0.4, -0.2) is 45.0 Å². The Hall–Kier alpha value is -3.90. The van der Waals surface area contributed by atoms with Crippen molar-refractivity contribution in [3.63, 3.8) is 0 Å². The molecule has 9 nitrogen and oxygen atoms in total. The molecule has 1 saturated carbocycles. The first-order valence-electron chi connectivity index (χ1n) is 12.5. The number of benzene rings is 1. The quantitative estimate of drug-likeness (QED) is 0.415. The first kappa shape index (κ1) is 22.6. The monoisotopic (exact) mass is 483 g/mol. The SMILES string of the molecule is C[C@@H]1CN(c2ccc3cc(Nc4nn(C(CC#N)C5CC5)c5cc[nH]c(=O)c45)ccc3n2)[C@@H](C)CO1. The van der Waals surface area contributed by atoms with E-state index >= 15 is 0 Å². The number of H-pyrrole nitrogens is 1. The molecule has 36 heavy (non-hydrogen) atoms. The number of nitrogens with zero attached hydrogens (tertiary/aromatic N) is 5. The molecule has 1 aliphatic heterocycles. The maximum Gasteiger partial charge on any atom is 0.261 e. The molecule has 1 aliphatic carbocycles. The van der Waals surface area contributed by atoms with Crippen LogP contribution in [0.4, 0.5) is 17.3 Å². The summed E-state index contributed by atoms with van der Waals surface area (Å²) < 4.78 is 7.63. The zero-order valence-electron chi connectivity index (χ0n) is 20.4. The zero-order chi connectivity index (χ0) is 24.8. The minimum atomic E-state index is -0.200. The first-order chi connectivity index (χ1) is 17.5. The molecule has 0 spiro atoms. The molecular formula is C27H29N7O2. The molecule has 0 bridgehead atoms. The fraction of sp³-hybridized carbons (Fsp3) is 0.407. The normalized spacial score (nSPS) is 21.0. The smallest absolute Gasteiger partial charge is 0.261 e. The Kier molecular flexibility index (Phi) is 5.61. The lowest BCUT2D eigenvalue weighted by Crippen LogP contribution is -2.47. The lowest BCUT2D eigenvalue weighted by Gasteiger charge is -2.37. The molecule has 0 radical (unpaired) electrons. The third-order valence-corrected chi connectivity index (χ3v) is 7.25. The minimum absolute atomic E-state index is 0.0284. The van der Waals surface area contributed by atoms with Gasteiger partial charge in [0.2, 0.25) is 0 Å². The van der Waals surface area contributed by atoms with Crippen LogP contribution in [0.25, 0.3) is 21.8 Å². The number of hydrogen-bond acceptors (Lipinski definition) is 7. The van der Waals surface area contributed by atoms with Gasteiger partial charge >= 0.3 is 0 Å². The van der Waals surface area contributed by atoms with Crippen molar-refractivity contribution < 1.29 is 4.74 Å². The summed E-state index contributed by atoms with van der Waals surface area (Å²) in [5.41, 5.74) is 2.27. The number of nitriles is 1. The Morgan fingerprint density at radius 1 is 1.25 bits per heavy atom. The predicted octanol–water partition coefficient (Wildman–Crippen LogP) is 4.49. The van der Waals surface area contributed by atoms with Gasteiger partial charge < -0.3 is 19.9 Å². The molecule has 184 valence electrons. The van der Waals surface area contributed by atoms with E-state index < -0.39 is 0 Å². The third kappa shape index (κ3) is 4.07. The van der Waals surface area contributed by atoms with Gasteiger partial charge in [-0.05, 0) is 69.0 Å². The number of morpholine rings is 1. The second-order valence-electron chi connectivity index (χ2n) is 9.97. The molecule has 1 aromatic carbocycles. The van der Waals surface area contributed by atoms with Gasteiger partial charge in [-0.15, -0.1) is 0 Å². The zero-order valence-corrected chi connectivity index (χ0v) is 20.4. The van der Waals surface area contributed by atoms with E-state index in [1.165, 1.54) is 0 Å². The van der Waals surface area contributed by atoms with Crippen molar-refractivity contribution in [1.82, 2.24) is 19.7 Å². The summed E-state index contributed by atoms with van der Waals surface area (Å²) in [6, 6.07) is 14.5. The van der Waals surface area contributed by atoms with Crippen molar-refractivity contribution >= 4 is 39.1 Å². The number of pyridine rings is 2. The molecule has 4 aromatic rings. The van der Waals surface area contributed by atoms with E-state index in [2.05, 4.69) is 47.3 Å². The highest BCUT2D eigenvalue weighted by atomic mass is 16.5. The molecule has 2 aliphatic rings. The number of fused-ring (bicyclic) bond motifs is 2. The fourth-order valence-corrected chi connectivity index (χ4v) is 5.18. The second kappa shape index (κ2) is 8.95. The van der Waals surface area contributed by atoms with E-state index in [0.717, 1.165) is 47.3 Å². The molecule has 1 unspecified atom stereocenters. The van der Waals surface area contributed by atoms with Crippen molar-refractivity contribution in [1.29, 1.82) is 5.26 Å². The van der Waals surface area contributed by atoms with Crippen molar-refractivity contribution in [2.45, 2.75) is 51.3 Å². The van der Waals surface area contributed by atoms with E-state index in [9.17, 15) is 10.1 Å². The van der Waals surface area contributed by atoms with Crippen molar-refractivity contribution in [3.8, 4) is 6.07 Å². The molecule has 2 fully saturated rings. The molecule has 1 saturated heterocycles. The van der Waals surface area contributed by atoms with Crippen LogP contribution in [0.2, 0.25) is 0 Å². The standard InChI is InChI=1S/C27H29N7O2/c1-16-15-36-17(2)14-33(16)24-8-5-19-13-20(6-7-21(19)31-24)30-26-25-23(10-12-29-27(25)35)34(32-26)22(9-11-28)18-3-4-18/h5-8,10,12-13,16-18,22H,3-4,9,14-15H2,1-2H3,(H,29,35)(H,30,32)/t16-,17+,22?/m0/s1. The van der Waals surface area contributed by atoms with Crippen LogP contribution in [0.15, 0.2) is 47.4 Å². The minimum Gasteiger partial charge on any atom is -0.375 e. The second-order valence-corrected chi connectivity index (χ2v) is 9.97. The molecule has 3 aromatic heterocycles. The van der Waals surface area contributed by atoms with Crippen molar-refractivity contribution in [3.05, 3.63) is 52.9 Å². The number of aromatic amines is 1. The van der Waals surface area contributed by atoms with Gasteiger partial charge in [-0.25, -0.2) is 4.98 Å². The summed E-state index contributed by atoms with van der Waals surface area (Å²) >= 11 is 0. The molecule has 0 amide bonds. The van der Waals surface area contributed by atoms with Gasteiger partial charge in [0.05, 0.1) is 48.3 Å². The maximum atomic E-state index is 12.8. The molecule has 9 heteroatoms. The van der Waals surface area contributed by atoms with Crippen LogP contribution in [-0.2, 0) is 4.74 Å². The largest absolute Gasteiger partial charge is 0.375 e. The Balaban J connectivity index is 1.34. The fourth-order valence-electron chi connectivity index (χ4n) is 5.18. The summed E-state index contributed by atoms with van der Waals surface area (Å²) in [4.78, 5) is 22.7. The van der Waals surface area contributed by atoms with Gasteiger partial charge in [0, 0.05) is 23.8 Å². The van der Waals surface area contributed by atoms with Gasteiger partial charge in [-0.3, -0.25) is 9.48 Å². The van der Waals surface area contributed by atoms with Gasteiger partial charge in [0.1, 0.15) is 11.2 Å². The summed E-state index contributed by atoms with van der Waals surface area (Å²) in [5, 5.41) is 19.0.